The third kappa shape index (κ3) is 3.90. The van der Waals surface area contributed by atoms with Crippen LogP contribution in [0.25, 0.3) is 10.9 Å². The molecule has 5 nitrogen and oxygen atoms in total. The van der Waals surface area contributed by atoms with Gasteiger partial charge in [-0.3, -0.25) is 9.78 Å². The highest BCUT2D eigenvalue weighted by Gasteiger charge is 2.47. The largest absolute Gasteiger partial charge is 0.573 e. The van der Waals surface area contributed by atoms with Crippen molar-refractivity contribution in [1.82, 2.24) is 10.3 Å². The van der Waals surface area contributed by atoms with Crippen LogP contribution in [0.1, 0.15) is 34.3 Å². The number of aromatic nitrogens is 1. The SMILES string of the molecule is COc1ccc(C)c(C(=O)NC2(c3cc(OC(F)(F)F)cc4ncccc34)CC2)c1. The van der Waals surface area contributed by atoms with Gasteiger partial charge in [-0.25, -0.2) is 0 Å². The Labute approximate surface area is 170 Å². The number of halogens is 3. The van der Waals surface area contributed by atoms with Gasteiger partial charge in [0.1, 0.15) is 11.5 Å². The number of fused-ring (bicyclic) bond motifs is 1. The highest BCUT2D eigenvalue weighted by atomic mass is 19.4. The number of amides is 1. The van der Waals surface area contributed by atoms with Gasteiger partial charge in [-0.05, 0) is 55.2 Å². The molecule has 0 atom stereocenters. The molecule has 4 rings (SSSR count). The van der Waals surface area contributed by atoms with Crippen LogP contribution in [0.2, 0.25) is 0 Å². The summed E-state index contributed by atoms with van der Waals surface area (Å²) in [5.74, 6) is -0.129. The van der Waals surface area contributed by atoms with E-state index in [-0.39, 0.29) is 11.7 Å². The molecular formula is C22H19F3N2O3. The molecule has 0 aliphatic heterocycles. The van der Waals surface area contributed by atoms with Crippen LogP contribution in [0.15, 0.2) is 48.7 Å². The number of alkyl halides is 3. The average molecular weight is 416 g/mol. The zero-order chi connectivity index (χ0) is 21.5. The van der Waals surface area contributed by atoms with Gasteiger partial charge in [0.05, 0.1) is 18.2 Å². The van der Waals surface area contributed by atoms with Crippen LogP contribution in [0.5, 0.6) is 11.5 Å². The highest BCUT2D eigenvalue weighted by Crippen LogP contribution is 2.49. The monoisotopic (exact) mass is 416 g/mol. The lowest BCUT2D eigenvalue weighted by Gasteiger charge is -2.22. The smallest absolute Gasteiger partial charge is 0.497 e. The third-order valence-corrected chi connectivity index (χ3v) is 5.24. The lowest BCUT2D eigenvalue weighted by Crippen LogP contribution is -2.35. The van der Waals surface area contributed by atoms with E-state index in [2.05, 4.69) is 15.0 Å². The second kappa shape index (κ2) is 7.19. The predicted octanol–water partition coefficient (Wildman–Crippen LogP) is 4.87. The molecule has 1 aliphatic rings. The Morgan fingerprint density at radius 1 is 1.13 bits per heavy atom. The first-order valence-corrected chi connectivity index (χ1v) is 9.33. The number of nitrogens with one attached hydrogen (secondary N) is 1. The molecule has 0 bridgehead atoms. The second-order valence-electron chi connectivity index (χ2n) is 7.31. The van der Waals surface area contributed by atoms with Crippen molar-refractivity contribution in [3.05, 3.63) is 65.4 Å². The second-order valence-corrected chi connectivity index (χ2v) is 7.31. The van der Waals surface area contributed by atoms with Crippen LogP contribution in [0, 0.1) is 6.92 Å². The summed E-state index contributed by atoms with van der Waals surface area (Å²) in [5, 5.41) is 3.69. The Hall–Kier alpha value is -3.29. The molecular weight excluding hydrogens is 397 g/mol. The molecule has 0 unspecified atom stereocenters. The number of rotatable bonds is 5. The van der Waals surface area contributed by atoms with Crippen LogP contribution in [-0.2, 0) is 5.54 Å². The summed E-state index contributed by atoms with van der Waals surface area (Å²) in [6.45, 7) is 1.81. The Morgan fingerprint density at radius 2 is 1.90 bits per heavy atom. The summed E-state index contributed by atoms with van der Waals surface area (Å²) in [7, 11) is 1.51. The van der Waals surface area contributed by atoms with E-state index >= 15 is 0 Å². The minimum atomic E-state index is -4.82. The first-order chi connectivity index (χ1) is 14.2. The fourth-order valence-electron chi connectivity index (χ4n) is 3.59. The van der Waals surface area contributed by atoms with Gasteiger partial charge in [0.2, 0.25) is 0 Å². The van der Waals surface area contributed by atoms with Gasteiger partial charge in [-0.15, -0.1) is 13.2 Å². The van der Waals surface area contributed by atoms with E-state index in [0.29, 0.717) is 40.6 Å². The normalized spacial score (nSPS) is 15.0. The number of ether oxygens (including phenoxy) is 2. The first-order valence-electron chi connectivity index (χ1n) is 9.33. The fraction of sp³-hybridized carbons (Fsp3) is 0.273. The van der Waals surface area contributed by atoms with Crippen molar-refractivity contribution in [2.24, 2.45) is 0 Å². The molecule has 1 amide bonds. The van der Waals surface area contributed by atoms with Crippen LogP contribution < -0.4 is 14.8 Å². The molecule has 2 aromatic carbocycles. The van der Waals surface area contributed by atoms with Crippen molar-refractivity contribution in [2.75, 3.05) is 7.11 Å². The maximum atomic E-state index is 13.0. The summed E-state index contributed by atoms with van der Waals surface area (Å²) < 4.78 is 47.8. The molecule has 1 aliphatic carbocycles. The molecule has 30 heavy (non-hydrogen) atoms. The van der Waals surface area contributed by atoms with E-state index in [1.165, 1.54) is 25.4 Å². The van der Waals surface area contributed by atoms with E-state index in [9.17, 15) is 18.0 Å². The Morgan fingerprint density at radius 3 is 2.57 bits per heavy atom. The van der Waals surface area contributed by atoms with Crippen molar-refractivity contribution in [3.63, 3.8) is 0 Å². The lowest BCUT2D eigenvalue weighted by molar-refractivity contribution is -0.274. The van der Waals surface area contributed by atoms with Gasteiger partial charge >= 0.3 is 6.36 Å². The number of methoxy groups -OCH3 is 1. The van der Waals surface area contributed by atoms with Gasteiger partial charge in [0.25, 0.3) is 5.91 Å². The maximum absolute atomic E-state index is 13.0. The molecule has 0 saturated heterocycles. The summed E-state index contributed by atoms with van der Waals surface area (Å²) in [4.78, 5) is 17.2. The third-order valence-electron chi connectivity index (χ3n) is 5.24. The quantitative estimate of drug-likeness (QED) is 0.645. The van der Waals surface area contributed by atoms with Crippen LogP contribution in [0.3, 0.4) is 0 Å². The number of nitrogens with zero attached hydrogens (tertiary/aromatic N) is 1. The summed E-state index contributed by atoms with van der Waals surface area (Å²) in [6, 6.07) is 11.3. The molecule has 0 radical (unpaired) electrons. The van der Waals surface area contributed by atoms with Crippen molar-refractivity contribution in [2.45, 2.75) is 31.7 Å². The summed E-state index contributed by atoms with van der Waals surface area (Å²) in [6.07, 6.45) is -2.12. The van der Waals surface area contributed by atoms with Crippen LogP contribution in [-0.4, -0.2) is 24.4 Å². The molecule has 156 valence electrons. The first kappa shape index (κ1) is 20.0. The number of aryl methyl sites for hydroxylation is 1. The topological polar surface area (TPSA) is 60.5 Å². The average Bonchev–Trinajstić information content (AvgIpc) is 3.47. The van der Waals surface area contributed by atoms with Gasteiger partial charge in [-0.2, -0.15) is 0 Å². The van der Waals surface area contributed by atoms with Gasteiger partial charge in [-0.1, -0.05) is 12.1 Å². The summed E-state index contributed by atoms with van der Waals surface area (Å²) in [5.41, 5.74) is 1.36. The standard InChI is InChI=1S/C22H19F3N2O3/c1-13-5-6-14(29-2)10-17(13)20(28)27-21(7-8-21)18-11-15(30-22(23,24)25)12-19-16(18)4-3-9-26-19/h3-6,9-12H,7-8H2,1-2H3,(H,27,28). The van der Waals surface area contributed by atoms with Crippen LogP contribution in [0.4, 0.5) is 13.2 Å². The van der Waals surface area contributed by atoms with Gasteiger partial charge in [0.15, 0.2) is 0 Å². The highest BCUT2D eigenvalue weighted by molar-refractivity contribution is 5.97. The molecule has 8 heteroatoms. The Bertz CT molecular complexity index is 1120. The van der Waals surface area contributed by atoms with E-state index < -0.39 is 11.9 Å². The maximum Gasteiger partial charge on any atom is 0.573 e. The number of hydrogen-bond acceptors (Lipinski definition) is 4. The molecule has 1 saturated carbocycles. The van der Waals surface area contributed by atoms with Crippen molar-refractivity contribution in [3.8, 4) is 11.5 Å². The molecule has 3 aromatic rings. The number of pyridine rings is 1. The fourth-order valence-corrected chi connectivity index (χ4v) is 3.59. The zero-order valence-corrected chi connectivity index (χ0v) is 16.3. The van der Waals surface area contributed by atoms with Gasteiger partial charge < -0.3 is 14.8 Å². The zero-order valence-electron chi connectivity index (χ0n) is 16.3. The van der Waals surface area contributed by atoms with Crippen molar-refractivity contribution < 1.29 is 27.4 Å². The lowest BCUT2D eigenvalue weighted by atomic mass is 9.97. The van der Waals surface area contributed by atoms with E-state index in [0.717, 1.165) is 5.56 Å². The van der Waals surface area contributed by atoms with E-state index in [4.69, 9.17) is 4.74 Å². The molecule has 0 spiro atoms. The Balaban J connectivity index is 1.73. The minimum Gasteiger partial charge on any atom is -0.497 e. The number of benzene rings is 2. The number of carbonyl (C=O) groups is 1. The van der Waals surface area contributed by atoms with Crippen molar-refractivity contribution >= 4 is 16.8 Å². The van der Waals surface area contributed by atoms with Crippen LogP contribution >= 0.6 is 0 Å². The molecule has 1 fully saturated rings. The molecule has 1 aromatic heterocycles. The summed E-state index contributed by atoms with van der Waals surface area (Å²) >= 11 is 0. The number of carbonyl (C=O) groups excluding carboxylic acids is 1. The van der Waals surface area contributed by atoms with E-state index in [1.807, 2.05) is 6.92 Å². The van der Waals surface area contributed by atoms with Crippen molar-refractivity contribution in [1.29, 1.82) is 0 Å². The van der Waals surface area contributed by atoms with E-state index in [1.54, 1.807) is 30.3 Å². The predicted molar refractivity (Wildman–Crippen MR) is 105 cm³/mol. The minimum absolute atomic E-state index is 0.317. The molecule has 1 heterocycles. The van der Waals surface area contributed by atoms with Gasteiger partial charge in [0, 0.05) is 23.2 Å². The molecule has 1 N–H and O–H groups in total. The number of hydrogen-bond donors (Lipinski definition) is 1. The Kier molecular flexibility index (Phi) is 4.80.